The van der Waals surface area contributed by atoms with Gasteiger partial charge in [0.05, 0.1) is 12.6 Å². The molecule has 0 aliphatic heterocycles. The summed E-state index contributed by atoms with van der Waals surface area (Å²) >= 11 is 0. The van der Waals surface area contributed by atoms with Gasteiger partial charge in [-0.05, 0) is 18.2 Å². The molecule has 2 aromatic rings. The predicted octanol–water partition coefficient (Wildman–Crippen LogP) is 1.35. The van der Waals surface area contributed by atoms with Crippen LogP contribution >= 0.6 is 0 Å². The number of hydrogen-bond donors (Lipinski definition) is 1. The largest absolute Gasteiger partial charge is 0.495 e. The first kappa shape index (κ1) is 9.45. The number of pyridine rings is 1. The second-order valence-electron chi connectivity index (χ2n) is 3.09. The molecule has 15 heavy (non-hydrogen) atoms. The molecular formula is C11H9NO3. The molecule has 0 amide bonds. The van der Waals surface area contributed by atoms with Crippen molar-refractivity contribution >= 4 is 17.2 Å². The molecule has 4 nitrogen and oxygen atoms in total. The van der Waals surface area contributed by atoms with Crippen molar-refractivity contribution < 1.29 is 9.53 Å². The Kier molecular flexibility index (Phi) is 2.25. The molecule has 0 bridgehead atoms. The predicted molar refractivity (Wildman–Crippen MR) is 56.5 cm³/mol. The number of fused-ring (bicyclic) bond motifs is 1. The fourth-order valence-corrected chi connectivity index (χ4v) is 1.52. The summed E-state index contributed by atoms with van der Waals surface area (Å²) in [6.07, 6.45) is 0.750. The number of ether oxygens (including phenoxy) is 1. The average molecular weight is 203 g/mol. The van der Waals surface area contributed by atoms with Crippen molar-refractivity contribution in [3.8, 4) is 5.75 Å². The molecule has 1 aromatic carbocycles. The van der Waals surface area contributed by atoms with Gasteiger partial charge < -0.3 is 9.72 Å². The monoisotopic (exact) mass is 203 g/mol. The Morgan fingerprint density at radius 1 is 1.27 bits per heavy atom. The van der Waals surface area contributed by atoms with Gasteiger partial charge in [-0.25, -0.2) is 0 Å². The number of methoxy groups -OCH3 is 1. The zero-order valence-electron chi connectivity index (χ0n) is 8.11. The fraction of sp³-hybridized carbons (Fsp3) is 0.0909. The summed E-state index contributed by atoms with van der Waals surface area (Å²) in [5.41, 5.74) is 0.862. The maximum absolute atomic E-state index is 11.2. The Hall–Kier alpha value is -2.10. The number of aromatic amines is 1. The number of carbonyl (C=O) groups excluding carboxylic acids is 1. The van der Waals surface area contributed by atoms with Crippen molar-refractivity contribution in [2.24, 2.45) is 0 Å². The normalized spacial score (nSPS) is 10.2. The molecule has 1 N–H and O–H groups in total. The molecule has 0 atom stereocenters. The Balaban J connectivity index is 2.92. The van der Waals surface area contributed by atoms with Crippen LogP contribution in [0.1, 0.15) is 10.4 Å². The van der Waals surface area contributed by atoms with E-state index < -0.39 is 0 Å². The molecule has 1 heterocycles. The zero-order chi connectivity index (χ0) is 10.8. The lowest BCUT2D eigenvalue weighted by Crippen LogP contribution is -2.04. The molecule has 0 fully saturated rings. The third kappa shape index (κ3) is 1.50. The number of aromatic nitrogens is 1. The smallest absolute Gasteiger partial charge is 0.248 e. The number of hydrogen-bond acceptors (Lipinski definition) is 3. The SMILES string of the molecule is COc1ccc(C=O)c2ccc(=O)[nH]c12. The van der Waals surface area contributed by atoms with Crippen molar-refractivity contribution in [1.82, 2.24) is 4.98 Å². The van der Waals surface area contributed by atoms with Crippen LogP contribution in [-0.4, -0.2) is 18.4 Å². The van der Waals surface area contributed by atoms with Crippen LogP contribution in [0.25, 0.3) is 10.9 Å². The highest BCUT2D eigenvalue weighted by Gasteiger charge is 2.06. The first-order chi connectivity index (χ1) is 7.26. The van der Waals surface area contributed by atoms with Crippen LogP contribution in [-0.2, 0) is 0 Å². The van der Waals surface area contributed by atoms with Crippen LogP contribution in [0.3, 0.4) is 0 Å². The van der Waals surface area contributed by atoms with Crippen molar-refractivity contribution in [2.75, 3.05) is 7.11 Å². The van der Waals surface area contributed by atoms with Gasteiger partial charge in [-0.2, -0.15) is 0 Å². The molecule has 0 aliphatic carbocycles. The van der Waals surface area contributed by atoms with Gasteiger partial charge in [0.25, 0.3) is 0 Å². The number of benzene rings is 1. The standard InChI is InChI=1S/C11H9NO3/c1-15-9-4-2-7(6-13)8-3-5-10(14)12-11(8)9/h2-6H,1H3,(H,12,14). The average Bonchev–Trinajstić information content (AvgIpc) is 2.27. The minimum Gasteiger partial charge on any atom is -0.495 e. The third-order valence-electron chi connectivity index (χ3n) is 2.24. The van der Waals surface area contributed by atoms with E-state index in [0.29, 0.717) is 22.2 Å². The van der Waals surface area contributed by atoms with Gasteiger partial charge in [0.1, 0.15) is 5.75 Å². The van der Waals surface area contributed by atoms with E-state index in [-0.39, 0.29) is 5.56 Å². The Labute approximate surface area is 85.5 Å². The molecule has 1 aromatic heterocycles. The van der Waals surface area contributed by atoms with Gasteiger partial charge >= 0.3 is 0 Å². The van der Waals surface area contributed by atoms with Crippen LogP contribution in [0.2, 0.25) is 0 Å². The molecular weight excluding hydrogens is 194 g/mol. The Morgan fingerprint density at radius 2 is 2.07 bits per heavy atom. The molecule has 2 rings (SSSR count). The van der Waals surface area contributed by atoms with Gasteiger partial charge in [-0.3, -0.25) is 9.59 Å². The van der Waals surface area contributed by atoms with Gasteiger partial charge in [-0.1, -0.05) is 0 Å². The number of nitrogens with one attached hydrogen (secondary N) is 1. The third-order valence-corrected chi connectivity index (χ3v) is 2.24. The summed E-state index contributed by atoms with van der Waals surface area (Å²) in [6.45, 7) is 0. The second-order valence-corrected chi connectivity index (χ2v) is 3.09. The minimum absolute atomic E-state index is 0.219. The molecule has 0 radical (unpaired) electrons. The van der Waals surface area contributed by atoms with Crippen LogP contribution in [0.4, 0.5) is 0 Å². The van der Waals surface area contributed by atoms with Crippen LogP contribution in [0.15, 0.2) is 29.1 Å². The van der Waals surface area contributed by atoms with E-state index in [4.69, 9.17) is 4.74 Å². The van der Waals surface area contributed by atoms with Gasteiger partial charge in [0.15, 0.2) is 6.29 Å². The molecule has 0 spiro atoms. The topological polar surface area (TPSA) is 59.2 Å². The quantitative estimate of drug-likeness (QED) is 0.749. The molecule has 76 valence electrons. The lowest BCUT2D eigenvalue weighted by atomic mass is 10.1. The minimum atomic E-state index is -0.219. The zero-order valence-corrected chi connectivity index (χ0v) is 8.11. The maximum atomic E-state index is 11.2. The summed E-state index contributed by atoms with van der Waals surface area (Å²) in [6, 6.07) is 6.31. The van der Waals surface area contributed by atoms with Crippen LogP contribution in [0.5, 0.6) is 5.75 Å². The van der Waals surface area contributed by atoms with E-state index in [9.17, 15) is 9.59 Å². The Bertz CT molecular complexity index is 572. The van der Waals surface area contributed by atoms with Gasteiger partial charge in [0.2, 0.25) is 5.56 Å². The summed E-state index contributed by atoms with van der Waals surface area (Å²) in [5, 5.41) is 0.684. The summed E-state index contributed by atoms with van der Waals surface area (Å²) in [5.74, 6) is 0.549. The molecule has 4 heteroatoms. The maximum Gasteiger partial charge on any atom is 0.248 e. The number of aldehydes is 1. The van der Waals surface area contributed by atoms with Crippen molar-refractivity contribution in [2.45, 2.75) is 0 Å². The lowest BCUT2D eigenvalue weighted by Gasteiger charge is -2.05. The lowest BCUT2D eigenvalue weighted by molar-refractivity contribution is 0.112. The van der Waals surface area contributed by atoms with Gasteiger partial charge in [0, 0.05) is 17.0 Å². The highest BCUT2D eigenvalue weighted by molar-refractivity contribution is 5.98. The van der Waals surface area contributed by atoms with Crippen molar-refractivity contribution in [3.05, 3.63) is 40.2 Å². The van der Waals surface area contributed by atoms with E-state index >= 15 is 0 Å². The van der Waals surface area contributed by atoms with E-state index in [1.54, 1.807) is 18.2 Å². The van der Waals surface area contributed by atoms with E-state index in [1.165, 1.54) is 13.2 Å². The number of rotatable bonds is 2. The molecule has 0 saturated carbocycles. The summed E-state index contributed by atoms with van der Waals surface area (Å²) in [7, 11) is 1.51. The van der Waals surface area contributed by atoms with E-state index in [0.717, 1.165) is 6.29 Å². The molecule has 0 unspecified atom stereocenters. The number of carbonyl (C=O) groups is 1. The first-order valence-electron chi connectivity index (χ1n) is 4.41. The van der Waals surface area contributed by atoms with Crippen molar-refractivity contribution in [3.63, 3.8) is 0 Å². The molecule has 0 saturated heterocycles. The van der Waals surface area contributed by atoms with Crippen molar-refractivity contribution in [1.29, 1.82) is 0 Å². The van der Waals surface area contributed by atoms with Crippen LogP contribution < -0.4 is 10.3 Å². The highest BCUT2D eigenvalue weighted by Crippen LogP contribution is 2.24. The molecule has 0 aliphatic rings. The Morgan fingerprint density at radius 3 is 2.73 bits per heavy atom. The van der Waals surface area contributed by atoms with E-state index in [1.807, 2.05) is 0 Å². The second kappa shape index (κ2) is 3.57. The van der Waals surface area contributed by atoms with Gasteiger partial charge in [-0.15, -0.1) is 0 Å². The summed E-state index contributed by atoms with van der Waals surface area (Å²) in [4.78, 5) is 24.6. The highest BCUT2D eigenvalue weighted by atomic mass is 16.5. The fourth-order valence-electron chi connectivity index (χ4n) is 1.52. The number of H-pyrrole nitrogens is 1. The van der Waals surface area contributed by atoms with E-state index in [2.05, 4.69) is 4.98 Å². The summed E-state index contributed by atoms with van der Waals surface area (Å²) < 4.78 is 5.10. The van der Waals surface area contributed by atoms with Crippen LogP contribution in [0, 0.1) is 0 Å². The first-order valence-corrected chi connectivity index (χ1v) is 4.41.